The van der Waals surface area contributed by atoms with Crippen LogP contribution in [0.2, 0.25) is 5.15 Å². The fraction of sp³-hybridized carbons (Fsp3) is 0.500. The van der Waals surface area contributed by atoms with E-state index < -0.39 is 0 Å². The summed E-state index contributed by atoms with van der Waals surface area (Å²) in [4.78, 5) is 3.96. The minimum atomic E-state index is 0.372. The Hall–Kier alpha value is -0.600. The molecule has 0 amide bonds. The SMILES string of the molecule is NC1CCC(c2ccnc(Cl)c2)C1. The monoisotopic (exact) mass is 196 g/mol. The van der Waals surface area contributed by atoms with Gasteiger partial charge in [0.2, 0.25) is 0 Å². The quantitative estimate of drug-likeness (QED) is 0.701. The molecule has 1 aromatic rings. The number of rotatable bonds is 1. The van der Waals surface area contributed by atoms with Gasteiger partial charge in [-0.2, -0.15) is 0 Å². The van der Waals surface area contributed by atoms with Crippen molar-refractivity contribution in [3.05, 3.63) is 29.0 Å². The largest absolute Gasteiger partial charge is 0.328 e. The first kappa shape index (κ1) is 8.97. The van der Waals surface area contributed by atoms with Gasteiger partial charge in [0.1, 0.15) is 5.15 Å². The summed E-state index contributed by atoms with van der Waals surface area (Å²) in [6.07, 6.45) is 5.16. The van der Waals surface area contributed by atoms with Gasteiger partial charge in [0.05, 0.1) is 0 Å². The number of nitrogens with zero attached hydrogens (tertiary/aromatic N) is 1. The second-order valence-corrected chi connectivity index (χ2v) is 4.07. The zero-order valence-electron chi connectivity index (χ0n) is 7.41. The highest BCUT2D eigenvalue weighted by atomic mass is 35.5. The second kappa shape index (κ2) is 3.64. The van der Waals surface area contributed by atoms with Crippen LogP contribution in [0.15, 0.2) is 18.3 Å². The van der Waals surface area contributed by atoms with Gasteiger partial charge in [-0.25, -0.2) is 4.98 Å². The van der Waals surface area contributed by atoms with Crippen molar-refractivity contribution in [1.82, 2.24) is 4.98 Å². The fourth-order valence-electron chi connectivity index (χ4n) is 1.99. The molecule has 1 fully saturated rings. The first-order valence-corrected chi connectivity index (χ1v) is 5.00. The highest BCUT2D eigenvalue weighted by molar-refractivity contribution is 6.29. The topological polar surface area (TPSA) is 38.9 Å². The first-order valence-electron chi connectivity index (χ1n) is 4.63. The normalized spacial score (nSPS) is 27.8. The zero-order chi connectivity index (χ0) is 9.26. The van der Waals surface area contributed by atoms with Crippen LogP contribution in [-0.4, -0.2) is 11.0 Å². The van der Waals surface area contributed by atoms with E-state index >= 15 is 0 Å². The lowest BCUT2D eigenvalue weighted by Gasteiger charge is -2.09. The third kappa shape index (κ3) is 2.01. The Kier molecular flexibility index (Phi) is 2.51. The van der Waals surface area contributed by atoms with Crippen molar-refractivity contribution >= 4 is 11.6 Å². The molecule has 2 unspecified atom stereocenters. The van der Waals surface area contributed by atoms with Gasteiger partial charge in [0.25, 0.3) is 0 Å². The van der Waals surface area contributed by atoms with Gasteiger partial charge < -0.3 is 5.73 Å². The lowest BCUT2D eigenvalue weighted by Crippen LogP contribution is -2.14. The third-order valence-corrected chi connectivity index (χ3v) is 2.90. The average molecular weight is 197 g/mol. The van der Waals surface area contributed by atoms with Crippen LogP contribution in [-0.2, 0) is 0 Å². The van der Waals surface area contributed by atoms with E-state index in [1.807, 2.05) is 12.1 Å². The molecular weight excluding hydrogens is 184 g/mol. The third-order valence-electron chi connectivity index (χ3n) is 2.70. The molecule has 2 nitrogen and oxygen atoms in total. The number of nitrogens with two attached hydrogens (primary N) is 1. The van der Waals surface area contributed by atoms with Gasteiger partial charge in [-0.1, -0.05) is 11.6 Å². The summed E-state index contributed by atoms with van der Waals surface area (Å²) in [6.45, 7) is 0. The summed E-state index contributed by atoms with van der Waals surface area (Å²) in [6, 6.07) is 4.36. The average Bonchev–Trinajstić information content (AvgIpc) is 2.52. The maximum Gasteiger partial charge on any atom is 0.129 e. The van der Waals surface area contributed by atoms with E-state index in [0.717, 1.165) is 12.8 Å². The van der Waals surface area contributed by atoms with Crippen molar-refractivity contribution in [3.8, 4) is 0 Å². The van der Waals surface area contributed by atoms with Gasteiger partial charge >= 0.3 is 0 Å². The molecule has 1 aliphatic carbocycles. The molecule has 2 atom stereocenters. The Morgan fingerprint density at radius 1 is 1.46 bits per heavy atom. The molecule has 3 heteroatoms. The van der Waals surface area contributed by atoms with Crippen LogP contribution >= 0.6 is 11.6 Å². The maximum atomic E-state index is 5.85. The van der Waals surface area contributed by atoms with Crippen molar-refractivity contribution in [3.63, 3.8) is 0 Å². The fourth-order valence-corrected chi connectivity index (χ4v) is 2.17. The lowest BCUT2D eigenvalue weighted by atomic mass is 9.99. The number of pyridine rings is 1. The molecule has 70 valence electrons. The van der Waals surface area contributed by atoms with Gasteiger partial charge in [0, 0.05) is 12.2 Å². The van der Waals surface area contributed by atoms with Crippen molar-refractivity contribution in [2.75, 3.05) is 0 Å². The number of halogens is 1. The number of hydrogen-bond donors (Lipinski definition) is 1. The summed E-state index contributed by atoms with van der Waals surface area (Å²) in [5, 5.41) is 0.581. The molecule has 0 bridgehead atoms. The molecule has 1 aliphatic rings. The predicted octanol–water partition coefficient (Wildman–Crippen LogP) is 2.33. The minimum absolute atomic E-state index is 0.372. The molecule has 0 aromatic carbocycles. The van der Waals surface area contributed by atoms with Crippen LogP contribution in [0, 0.1) is 0 Å². The second-order valence-electron chi connectivity index (χ2n) is 3.68. The Morgan fingerprint density at radius 3 is 2.92 bits per heavy atom. The zero-order valence-corrected chi connectivity index (χ0v) is 8.17. The molecule has 2 N–H and O–H groups in total. The molecule has 1 heterocycles. The van der Waals surface area contributed by atoms with Crippen LogP contribution in [0.25, 0.3) is 0 Å². The summed E-state index contributed by atoms with van der Waals surface area (Å²) < 4.78 is 0. The lowest BCUT2D eigenvalue weighted by molar-refractivity contribution is 0.674. The summed E-state index contributed by atoms with van der Waals surface area (Å²) in [5.41, 5.74) is 7.14. The Balaban J connectivity index is 2.16. The van der Waals surface area contributed by atoms with Crippen molar-refractivity contribution in [2.24, 2.45) is 5.73 Å². The molecule has 0 spiro atoms. The van der Waals surface area contributed by atoms with E-state index in [-0.39, 0.29) is 0 Å². The molecule has 1 saturated carbocycles. The van der Waals surface area contributed by atoms with E-state index in [1.54, 1.807) is 6.20 Å². The van der Waals surface area contributed by atoms with Crippen LogP contribution < -0.4 is 5.73 Å². The van der Waals surface area contributed by atoms with E-state index in [0.29, 0.717) is 17.1 Å². The van der Waals surface area contributed by atoms with E-state index in [4.69, 9.17) is 17.3 Å². The molecular formula is C10H13ClN2. The van der Waals surface area contributed by atoms with Crippen molar-refractivity contribution < 1.29 is 0 Å². The van der Waals surface area contributed by atoms with Crippen molar-refractivity contribution in [1.29, 1.82) is 0 Å². The van der Waals surface area contributed by atoms with Crippen LogP contribution in [0.5, 0.6) is 0 Å². The summed E-state index contributed by atoms with van der Waals surface area (Å²) in [5.74, 6) is 0.593. The summed E-state index contributed by atoms with van der Waals surface area (Å²) in [7, 11) is 0. The Labute approximate surface area is 83.1 Å². The Bertz CT molecular complexity index is 301. The molecule has 13 heavy (non-hydrogen) atoms. The standard InChI is InChI=1S/C10H13ClN2/c11-10-6-8(3-4-13-10)7-1-2-9(12)5-7/h3-4,6-7,9H,1-2,5,12H2. The van der Waals surface area contributed by atoms with Crippen LogP contribution in [0.1, 0.15) is 30.7 Å². The number of aromatic nitrogens is 1. The molecule has 2 rings (SSSR count). The van der Waals surface area contributed by atoms with E-state index in [9.17, 15) is 0 Å². The maximum absolute atomic E-state index is 5.85. The molecule has 1 aromatic heterocycles. The van der Waals surface area contributed by atoms with Crippen LogP contribution in [0.3, 0.4) is 0 Å². The summed E-state index contributed by atoms with van der Waals surface area (Å²) >= 11 is 5.82. The van der Waals surface area contributed by atoms with E-state index in [2.05, 4.69) is 4.98 Å². The van der Waals surface area contributed by atoms with Crippen LogP contribution in [0.4, 0.5) is 0 Å². The van der Waals surface area contributed by atoms with E-state index in [1.165, 1.54) is 12.0 Å². The molecule has 0 radical (unpaired) electrons. The minimum Gasteiger partial charge on any atom is -0.328 e. The molecule has 0 saturated heterocycles. The predicted molar refractivity (Wildman–Crippen MR) is 53.8 cm³/mol. The van der Waals surface area contributed by atoms with Gasteiger partial charge in [-0.15, -0.1) is 0 Å². The smallest absolute Gasteiger partial charge is 0.129 e. The Morgan fingerprint density at radius 2 is 2.31 bits per heavy atom. The van der Waals surface area contributed by atoms with Gasteiger partial charge in [-0.05, 0) is 42.9 Å². The van der Waals surface area contributed by atoms with Crippen molar-refractivity contribution in [2.45, 2.75) is 31.2 Å². The highest BCUT2D eigenvalue weighted by Crippen LogP contribution is 2.33. The number of hydrogen-bond acceptors (Lipinski definition) is 2. The molecule has 0 aliphatic heterocycles. The highest BCUT2D eigenvalue weighted by Gasteiger charge is 2.23. The first-order chi connectivity index (χ1) is 6.25. The van der Waals surface area contributed by atoms with Gasteiger partial charge in [0.15, 0.2) is 0 Å². The van der Waals surface area contributed by atoms with Gasteiger partial charge in [-0.3, -0.25) is 0 Å².